The van der Waals surface area contributed by atoms with Crippen LogP contribution in [0.25, 0.3) is 0 Å². The van der Waals surface area contributed by atoms with Gasteiger partial charge in [0.05, 0.1) is 0 Å². The van der Waals surface area contributed by atoms with Gasteiger partial charge in [0.2, 0.25) is 0 Å². The Balaban J connectivity index is 4.53. The molecular formula is C4HCl9O3. The minimum atomic E-state index is -2.23. The smallest absolute Gasteiger partial charge is 0.279 e. The molecule has 0 fully saturated rings. The summed E-state index contributed by atoms with van der Waals surface area (Å²) in [4.78, 5) is 0. The zero-order valence-electron chi connectivity index (χ0n) is 6.70. The van der Waals surface area contributed by atoms with Gasteiger partial charge in [0.25, 0.3) is 6.48 Å². The summed E-state index contributed by atoms with van der Waals surface area (Å²) in [5.41, 5.74) is 0. The number of rotatable bonds is 3. The van der Waals surface area contributed by atoms with Gasteiger partial charge in [0.1, 0.15) is 0 Å². The molecule has 0 radical (unpaired) electrons. The molecule has 0 saturated carbocycles. The second-order valence-electron chi connectivity index (χ2n) is 1.98. The van der Waals surface area contributed by atoms with Crippen molar-refractivity contribution in [2.24, 2.45) is 0 Å². The van der Waals surface area contributed by atoms with E-state index in [-0.39, 0.29) is 0 Å². The van der Waals surface area contributed by atoms with Crippen molar-refractivity contribution in [3.8, 4) is 0 Å². The lowest BCUT2D eigenvalue weighted by molar-refractivity contribution is -0.297. The van der Waals surface area contributed by atoms with E-state index in [1.165, 1.54) is 0 Å². The molecule has 0 aromatic carbocycles. The van der Waals surface area contributed by atoms with Gasteiger partial charge < -0.3 is 0 Å². The lowest BCUT2D eigenvalue weighted by Gasteiger charge is -2.27. The van der Waals surface area contributed by atoms with Crippen molar-refractivity contribution in [3.63, 3.8) is 0 Å². The van der Waals surface area contributed by atoms with Gasteiger partial charge in [-0.1, -0.05) is 104 Å². The summed E-state index contributed by atoms with van der Waals surface area (Å²) in [6.45, 7) is -1.83. The molecule has 0 atom stereocenters. The summed E-state index contributed by atoms with van der Waals surface area (Å²) in [5, 5.41) is 0. The number of alkyl halides is 9. The maximum Gasteiger partial charge on any atom is 0.301 e. The van der Waals surface area contributed by atoms with E-state index >= 15 is 0 Å². The molecule has 3 nitrogen and oxygen atoms in total. The third kappa shape index (κ3) is 12.9. The van der Waals surface area contributed by atoms with E-state index in [2.05, 4.69) is 14.2 Å². The van der Waals surface area contributed by atoms with Gasteiger partial charge in [-0.05, 0) is 0 Å². The monoisotopic (exact) mass is 412 g/mol. The van der Waals surface area contributed by atoms with Crippen LogP contribution in [0.4, 0.5) is 0 Å². The van der Waals surface area contributed by atoms with Crippen LogP contribution in [-0.4, -0.2) is 18.4 Å². The van der Waals surface area contributed by atoms with Gasteiger partial charge in [0.15, 0.2) is 0 Å². The average molecular weight is 416 g/mol. The van der Waals surface area contributed by atoms with Crippen molar-refractivity contribution in [2.45, 2.75) is 18.4 Å². The van der Waals surface area contributed by atoms with Crippen LogP contribution in [0.2, 0.25) is 0 Å². The Morgan fingerprint density at radius 1 is 0.500 bits per heavy atom. The largest absolute Gasteiger partial charge is 0.301 e. The molecule has 0 aliphatic carbocycles. The molecule has 0 aromatic heterocycles. The summed E-state index contributed by atoms with van der Waals surface area (Å²) >= 11 is 47.5. The number of hydrogen-bond donors (Lipinski definition) is 0. The van der Waals surface area contributed by atoms with Crippen LogP contribution in [0.5, 0.6) is 0 Å². The summed E-state index contributed by atoms with van der Waals surface area (Å²) in [6, 6.07) is 0. The van der Waals surface area contributed by atoms with Crippen molar-refractivity contribution in [1.82, 2.24) is 0 Å². The van der Waals surface area contributed by atoms with Crippen LogP contribution < -0.4 is 0 Å². The molecule has 0 spiro atoms. The first-order valence-electron chi connectivity index (χ1n) is 3.02. The predicted octanol–water partition coefficient (Wildman–Crippen LogP) is 5.30. The Hall–Kier alpha value is 2.49. The van der Waals surface area contributed by atoms with E-state index in [0.29, 0.717) is 0 Å². The Morgan fingerprint density at radius 2 is 0.688 bits per heavy atom. The molecule has 0 saturated heterocycles. The zero-order valence-corrected chi connectivity index (χ0v) is 13.5. The van der Waals surface area contributed by atoms with Gasteiger partial charge in [-0.3, -0.25) is 14.2 Å². The van der Waals surface area contributed by atoms with Gasteiger partial charge >= 0.3 is 11.9 Å². The van der Waals surface area contributed by atoms with Gasteiger partial charge in [-0.25, -0.2) is 0 Å². The maximum absolute atomic E-state index is 5.28. The molecule has 0 aliphatic rings. The minimum absolute atomic E-state index is 1.83. The Kier molecular flexibility index (Phi) is 7.83. The van der Waals surface area contributed by atoms with Crippen LogP contribution in [0.15, 0.2) is 0 Å². The quantitative estimate of drug-likeness (QED) is 0.462. The molecular weight excluding hydrogens is 415 g/mol. The SMILES string of the molecule is ClC(Cl)(Cl)OC(OC(Cl)(Cl)Cl)OC(Cl)(Cl)Cl. The van der Waals surface area contributed by atoms with E-state index in [1.54, 1.807) is 0 Å². The van der Waals surface area contributed by atoms with E-state index in [9.17, 15) is 0 Å². The van der Waals surface area contributed by atoms with Crippen molar-refractivity contribution >= 4 is 104 Å². The first kappa shape index (κ1) is 18.5. The third-order valence-electron chi connectivity index (χ3n) is 0.690. The zero-order chi connectivity index (χ0) is 13.2. The van der Waals surface area contributed by atoms with Crippen LogP contribution in [-0.2, 0) is 14.2 Å². The second-order valence-corrected chi connectivity index (χ2v) is 8.51. The highest BCUT2D eigenvalue weighted by molar-refractivity contribution is 6.67. The lowest BCUT2D eigenvalue weighted by atomic mass is 11.2. The Bertz CT molecular complexity index is 176. The molecule has 0 unspecified atom stereocenters. The predicted molar refractivity (Wildman–Crippen MR) is 67.9 cm³/mol. The molecule has 16 heavy (non-hydrogen) atoms. The minimum Gasteiger partial charge on any atom is -0.279 e. The molecule has 0 aromatic rings. The molecule has 0 bridgehead atoms. The van der Waals surface area contributed by atoms with E-state index < -0.39 is 18.4 Å². The van der Waals surface area contributed by atoms with Crippen LogP contribution >= 0.6 is 104 Å². The Labute approximate surface area is 136 Å². The molecule has 0 rings (SSSR count). The molecule has 0 heterocycles. The fourth-order valence-electron chi connectivity index (χ4n) is 0.399. The molecule has 12 heteroatoms. The van der Waals surface area contributed by atoms with Crippen molar-refractivity contribution < 1.29 is 14.2 Å². The van der Waals surface area contributed by atoms with Crippen LogP contribution in [0.3, 0.4) is 0 Å². The number of halogens is 9. The molecule has 98 valence electrons. The first-order chi connectivity index (χ1) is 6.79. The maximum atomic E-state index is 5.28. The van der Waals surface area contributed by atoms with Gasteiger partial charge in [-0.15, -0.1) is 0 Å². The van der Waals surface area contributed by atoms with Gasteiger partial charge in [-0.2, -0.15) is 0 Å². The van der Waals surface area contributed by atoms with Crippen molar-refractivity contribution in [1.29, 1.82) is 0 Å². The molecule has 0 N–H and O–H groups in total. The summed E-state index contributed by atoms with van der Waals surface area (Å²) < 4.78 is 6.93. The van der Waals surface area contributed by atoms with Crippen molar-refractivity contribution in [3.05, 3.63) is 0 Å². The lowest BCUT2D eigenvalue weighted by Crippen LogP contribution is -2.34. The van der Waals surface area contributed by atoms with E-state index in [1.807, 2.05) is 0 Å². The third-order valence-corrected chi connectivity index (χ3v) is 1.49. The fourth-order valence-corrected chi connectivity index (χ4v) is 1.05. The van der Waals surface area contributed by atoms with Crippen LogP contribution in [0, 0.1) is 0 Å². The highest BCUT2D eigenvalue weighted by Gasteiger charge is 2.38. The standard InChI is InChI=1S/C4HCl9O3/c5-2(6,7)14-1(15-3(8,9)10)16-4(11,12)13/h1H. The summed E-state index contributed by atoms with van der Waals surface area (Å²) in [5.74, 6) is 0. The fraction of sp³-hybridized carbons (Fsp3) is 1.00. The molecule has 0 amide bonds. The topological polar surface area (TPSA) is 27.7 Å². The highest BCUT2D eigenvalue weighted by atomic mass is 35.6. The summed E-state index contributed by atoms with van der Waals surface area (Å²) in [6.07, 6.45) is 0. The highest BCUT2D eigenvalue weighted by Crippen LogP contribution is 2.38. The number of ether oxygens (including phenoxy) is 3. The molecule has 0 aliphatic heterocycles. The van der Waals surface area contributed by atoms with Crippen LogP contribution in [0.1, 0.15) is 0 Å². The second kappa shape index (κ2) is 6.78. The van der Waals surface area contributed by atoms with E-state index in [0.717, 1.165) is 0 Å². The average Bonchev–Trinajstić information content (AvgIpc) is 1.70. The first-order valence-corrected chi connectivity index (χ1v) is 6.42. The Morgan fingerprint density at radius 3 is 0.812 bits per heavy atom. The summed E-state index contributed by atoms with van der Waals surface area (Å²) in [7, 11) is 0. The van der Waals surface area contributed by atoms with E-state index in [4.69, 9.17) is 104 Å². The van der Waals surface area contributed by atoms with Crippen molar-refractivity contribution in [2.75, 3.05) is 0 Å². The number of hydrogen-bond acceptors (Lipinski definition) is 3. The normalized spacial score (nSPS) is 14.6. The van der Waals surface area contributed by atoms with Gasteiger partial charge in [0, 0.05) is 0 Å².